The van der Waals surface area contributed by atoms with Gasteiger partial charge in [-0.25, -0.2) is 0 Å². The molecule has 1 fully saturated rings. The Kier molecular flexibility index (Phi) is 4.49. The molecule has 2 aromatic carbocycles. The number of amides is 1. The van der Waals surface area contributed by atoms with Gasteiger partial charge in [0.15, 0.2) is 0 Å². The fourth-order valence-corrected chi connectivity index (χ4v) is 3.45. The Morgan fingerprint density at radius 3 is 2.52 bits per heavy atom. The quantitative estimate of drug-likeness (QED) is 0.911. The SMILES string of the molecule is Cc1cccc(-c2cccc(CC3(C(N)=O)CCCCN3)c2)c1. The van der Waals surface area contributed by atoms with Crippen LogP contribution in [0.3, 0.4) is 0 Å². The van der Waals surface area contributed by atoms with Crippen molar-refractivity contribution in [1.29, 1.82) is 0 Å². The topological polar surface area (TPSA) is 55.1 Å². The lowest BCUT2D eigenvalue weighted by Gasteiger charge is -2.35. The lowest BCUT2D eigenvalue weighted by molar-refractivity contribution is -0.125. The van der Waals surface area contributed by atoms with Gasteiger partial charge in [0.2, 0.25) is 5.91 Å². The van der Waals surface area contributed by atoms with Gasteiger partial charge in [0.1, 0.15) is 5.54 Å². The molecule has 1 aliphatic heterocycles. The molecule has 3 nitrogen and oxygen atoms in total. The molecule has 120 valence electrons. The number of carbonyl (C=O) groups excluding carboxylic acids is 1. The van der Waals surface area contributed by atoms with E-state index in [0.29, 0.717) is 6.42 Å². The zero-order valence-corrected chi connectivity index (χ0v) is 13.6. The van der Waals surface area contributed by atoms with Gasteiger partial charge < -0.3 is 11.1 Å². The highest BCUT2D eigenvalue weighted by atomic mass is 16.1. The third-order valence-corrected chi connectivity index (χ3v) is 4.75. The first-order valence-electron chi connectivity index (χ1n) is 8.30. The van der Waals surface area contributed by atoms with Gasteiger partial charge in [-0.2, -0.15) is 0 Å². The molecule has 1 atom stereocenters. The largest absolute Gasteiger partial charge is 0.368 e. The Labute approximate surface area is 137 Å². The zero-order valence-electron chi connectivity index (χ0n) is 13.6. The first-order chi connectivity index (χ1) is 11.1. The van der Waals surface area contributed by atoms with E-state index < -0.39 is 5.54 Å². The maximum absolute atomic E-state index is 12.0. The van der Waals surface area contributed by atoms with E-state index in [9.17, 15) is 4.79 Å². The molecule has 1 heterocycles. The minimum absolute atomic E-state index is 0.238. The van der Waals surface area contributed by atoms with Gasteiger partial charge >= 0.3 is 0 Å². The molecule has 0 aromatic heterocycles. The Balaban J connectivity index is 1.89. The van der Waals surface area contributed by atoms with Gasteiger partial charge in [-0.15, -0.1) is 0 Å². The summed E-state index contributed by atoms with van der Waals surface area (Å²) in [7, 11) is 0. The third-order valence-electron chi connectivity index (χ3n) is 4.75. The Hall–Kier alpha value is -2.13. The molecule has 3 heteroatoms. The third kappa shape index (κ3) is 3.45. The second-order valence-electron chi connectivity index (χ2n) is 6.58. The summed E-state index contributed by atoms with van der Waals surface area (Å²) in [6.45, 7) is 2.96. The van der Waals surface area contributed by atoms with E-state index >= 15 is 0 Å². The summed E-state index contributed by atoms with van der Waals surface area (Å²) < 4.78 is 0. The normalized spacial score (nSPS) is 21.1. The summed E-state index contributed by atoms with van der Waals surface area (Å²) in [6, 6.07) is 16.9. The molecule has 1 unspecified atom stereocenters. The fourth-order valence-electron chi connectivity index (χ4n) is 3.45. The van der Waals surface area contributed by atoms with Crippen molar-refractivity contribution in [2.75, 3.05) is 6.54 Å². The van der Waals surface area contributed by atoms with Crippen molar-refractivity contribution in [3.05, 3.63) is 59.7 Å². The Bertz CT molecular complexity index is 702. The first kappa shape index (κ1) is 15.8. The van der Waals surface area contributed by atoms with Crippen molar-refractivity contribution in [3.63, 3.8) is 0 Å². The zero-order chi connectivity index (χ0) is 16.3. The number of nitrogens with two attached hydrogens (primary N) is 1. The first-order valence-corrected chi connectivity index (χ1v) is 8.30. The van der Waals surface area contributed by atoms with Crippen LogP contribution in [0.1, 0.15) is 30.4 Å². The van der Waals surface area contributed by atoms with Crippen LogP contribution in [0.15, 0.2) is 48.5 Å². The monoisotopic (exact) mass is 308 g/mol. The minimum atomic E-state index is -0.594. The van der Waals surface area contributed by atoms with Crippen molar-refractivity contribution < 1.29 is 4.79 Å². The summed E-state index contributed by atoms with van der Waals surface area (Å²) >= 11 is 0. The van der Waals surface area contributed by atoms with Crippen molar-refractivity contribution >= 4 is 5.91 Å². The van der Waals surface area contributed by atoms with Crippen LogP contribution in [0.4, 0.5) is 0 Å². The number of nitrogens with one attached hydrogen (secondary N) is 1. The van der Waals surface area contributed by atoms with E-state index in [0.717, 1.165) is 31.4 Å². The highest BCUT2D eigenvalue weighted by Crippen LogP contribution is 2.27. The number of rotatable bonds is 4. The van der Waals surface area contributed by atoms with Crippen LogP contribution in [-0.2, 0) is 11.2 Å². The highest BCUT2D eigenvalue weighted by molar-refractivity contribution is 5.85. The van der Waals surface area contributed by atoms with E-state index in [4.69, 9.17) is 5.73 Å². The van der Waals surface area contributed by atoms with Crippen LogP contribution < -0.4 is 11.1 Å². The number of piperidine rings is 1. The van der Waals surface area contributed by atoms with Crippen molar-refractivity contribution in [1.82, 2.24) is 5.32 Å². The Morgan fingerprint density at radius 2 is 1.87 bits per heavy atom. The van der Waals surface area contributed by atoms with E-state index in [1.165, 1.54) is 16.7 Å². The van der Waals surface area contributed by atoms with E-state index in [1.807, 2.05) is 0 Å². The molecular formula is C20H24N2O. The molecule has 3 N–H and O–H groups in total. The maximum Gasteiger partial charge on any atom is 0.238 e. The highest BCUT2D eigenvalue weighted by Gasteiger charge is 2.37. The van der Waals surface area contributed by atoms with E-state index in [-0.39, 0.29) is 5.91 Å². The van der Waals surface area contributed by atoms with E-state index in [2.05, 4.69) is 60.8 Å². The number of aryl methyl sites for hydroxylation is 1. The van der Waals surface area contributed by atoms with Crippen molar-refractivity contribution in [2.45, 2.75) is 38.1 Å². The second-order valence-corrected chi connectivity index (χ2v) is 6.58. The molecule has 1 amide bonds. The van der Waals surface area contributed by atoms with Crippen LogP contribution in [0.25, 0.3) is 11.1 Å². The standard InChI is InChI=1S/C20H24N2O/c1-15-6-4-8-17(12-15)18-9-5-7-16(13-18)14-20(19(21)23)10-2-3-11-22-20/h4-9,12-13,22H,2-3,10-11,14H2,1H3,(H2,21,23). The number of hydrogen-bond donors (Lipinski definition) is 2. The molecule has 0 saturated carbocycles. The van der Waals surface area contributed by atoms with Gasteiger partial charge in [0.05, 0.1) is 0 Å². The van der Waals surface area contributed by atoms with Crippen LogP contribution >= 0.6 is 0 Å². The van der Waals surface area contributed by atoms with Gasteiger partial charge in [-0.3, -0.25) is 4.79 Å². The van der Waals surface area contributed by atoms with Gasteiger partial charge in [-0.05, 0) is 55.8 Å². The number of primary amides is 1. The summed E-state index contributed by atoms with van der Waals surface area (Å²) in [5.41, 5.74) is 9.91. The number of benzene rings is 2. The average molecular weight is 308 g/mol. The summed E-state index contributed by atoms with van der Waals surface area (Å²) in [4.78, 5) is 12.0. The molecule has 2 aromatic rings. The molecular weight excluding hydrogens is 284 g/mol. The Morgan fingerprint density at radius 1 is 1.13 bits per heavy atom. The smallest absolute Gasteiger partial charge is 0.238 e. The summed E-state index contributed by atoms with van der Waals surface area (Å²) in [6.07, 6.45) is 3.63. The molecule has 1 saturated heterocycles. The number of carbonyl (C=O) groups is 1. The average Bonchev–Trinajstić information content (AvgIpc) is 2.56. The second kappa shape index (κ2) is 6.55. The van der Waals surface area contributed by atoms with Crippen LogP contribution in [0, 0.1) is 6.92 Å². The molecule has 0 aliphatic carbocycles. The van der Waals surface area contributed by atoms with Gasteiger partial charge in [0.25, 0.3) is 0 Å². The van der Waals surface area contributed by atoms with Crippen LogP contribution in [0.2, 0.25) is 0 Å². The maximum atomic E-state index is 12.0. The molecule has 0 spiro atoms. The molecule has 0 radical (unpaired) electrons. The predicted molar refractivity (Wildman–Crippen MR) is 94.1 cm³/mol. The van der Waals surface area contributed by atoms with E-state index in [1.54, 1.807) is 0 Å². The number of hydrogen-bond acceptors (Lipinski definition) is 2. The summed E-state index contributed by atoms with van der Waals surface area (Å²) in [5, 5.41) is 3.37. The summed E-state index contributed by atoms with van der Waals surface area (Å²) in [5.74, 6) is -0.238. The minimum Gasteiger partial charge on any atom is -0.368 e. The molecule has 3 rings (SSSR count). The van der Waals surface area contributed by atoms with Gasteiger partial charge in [0, 0.05) is 0 Å². The molecule has 0 bridgehead atoms. The van der Waals surface area contributed by atoms with Crippen molar-refractivity contribution in [2.24, 2.45) is 5.73 Å². The van der Waals surface area contributed by atoms with Gasteiger partial charge in [-0.1, -0.05) is 54.1 Å². The molecule has 23 heavy (non-hydrogen) atoms. The van der Waals surface area contributed by atoms with Crippen LogP contribution in [0.5, 0.6) is 0 Å². The molecule has 1 aliphatic rings. The lowest BCUT2D eigenvalue weighted by atomic mass is 9.82. The predicted octanol–water partition coefficient (Wildman–Crippen LogP) is 3.20. The van der Waals surface area contributed by atoms with Crippen molar-refractivity contribution in [3.8, 4) is 11.1 Å². The lowest BCUT2D eigenvalue weighted by Crippen LogP contribution is -2.59. The fraction of sp³-hybridized carbons (Fsp3) is 0.350. The van der Waals surface area contributed by atoms with Crippen LogP contribution in [-0.4, -0.2) is 18.0 Å².